The van der Waals surface area contributed by atoms with Crippen molar-refractivity contribution in [1.29, 1.82) is 0 Å². The molecule has 1 unspecified atom stereocenters. The Hall–Kier alpha value is -2.17. The predicted octanol–water partition coefficient (Wildman–Crippen LogP) is 2.92. The highest BCUT2D eigenvalue weighted by Gasteiger charge is 2.12. The molecular weight excluding hydrogens is 254 g/mol. The minimum atomic E-state index is 0.153. The number of hydrogen-bond acceptors (Lipinski definition) is 4. The average molecular weight is 275 g/mol. The van der Waals surface area contributed by atoms with Gasteiger partial charge in [-0.2, -0.15) is 5.10 Å². The number of aryl methyl sites for hydroxylation is 2. The van der Waals surface area contributed by atoms with Crippen molar-refractivity contribution in [2.75, 3.05) is 19.5 Å². The third kappa shape index (κ3) is 3.04. The van der Waals surface area contributed by atoms with Gasteiger partial charge in [0, 0.05) is 42.7 Å². The molecule has 20 heavy (non-hydrogen) atoms. The fraction of sp³-hybridized carbons (Fsp3) is 0.400. The van der Waals surface area contributed by atoms with Crippen LogP contribution < -0.4 is 14.8 Å². The number of aromatic nitrogens is 2. The Labute approximate surface area is 119 Å². The number of ether oxygens (including phenoxy) is 2. The van der Waals surface area contributed by atoms with Crippen LogP contribution in [0.15, 0.2) is 24.4 Å². The molecule has 0 amide bonds. The zero-order valence-electron chi connectivity index (χ0n) is 12.6. The van der Waals surface area contributed by atoms with Crippen molar-refractivity contribution in [2.24, 2.45) is 7.05 Å². The molecule has 1 N–H and O–H groups in total. The number of benzene rings is 1. The van der Waals surface area contributed by atoms with Crippen molar-refractivity contribution in [2.45, 2.75) is 19.9 Å². The Bertz CT molecular complexity index is 571. The molecule has 1 heterocycles. The van der Waals surface area contributed by atoms with Crippen LogP contribution in [0.5, 0.6) is 11.5 Å². The van der Waals surface area contributed by atoms with Gasteiger partial charge in [0.2, 0.25) is 0 Å². The van der Waals surface area contributed by atoms with E-state index in [1.807, 2.05) is 43.0 Å². The van der Waals surface area contributed by atoms with Crippen LogP contribution in [-0.2, 0) is 7.05 Å². The van der Waals surface area contributed by atoms with E-state index >= 15 is 0 Å². The van der Waals surface area contributed by atoms with Crippen LogP contribution >= 0.6 is 0 Å². The molecule has 0 saturated heterocycles. The van der Waals surface area contributed by atoms with Crippen molar-refractivity contribution in [3.63, 3.8) is 0 Å². The molecule has 0 bridgehead atoms. The quantitative estimate of drug-likeness (QED) is 0.911. The van der Waals surface area contributed by atoms with Crippen LogP contribution in [0, 0.1) is 6.92 Å². The topological polar surface area (TPSA) is 48.3 Å². The number of anilines is 1. The lowest BCUT2D eigenvalue weighted by Gasteiger charge is -2.16. The van der Waals surface area contributed by atoms with E-state index in [1.54, 1.807) is 14.2 Å². The lowest BCUT2D eigenvalue weighted by molar-refractivity contribution is 0.394. The second-order valence-corrected chi connectivity index (χ2v) is 4.81. The summed E-state index contributed by atoms with van der Waals surface area (Å²) in [7, 11) is 5.22. The largest absolute Gasteiger partial charge is 0.497 e. The molecule has 1 atom stereocenters. The second-order valence-electron chi connectivity index (χ2n) is 4.81. The molecule has 2 rings (SSSR count). The number of nitrogens with zero attached hydrogens (tertiary/aromatic N) is 2. The second kappa shape index (κ2) is 5.86. The first-order valence-corrected chi connectivity index (χ1v) is 6.53. The smallest absolute Gasteiger partial charge is 0.124 e. The molecule has 5 heteroatoms. The highest BCUT2D eigenvalue weighted by atomic mass is 16.5. The third-order valence-electron chi connectivity index (χ3n) is 3.25. The van der Waals surface area contributed by atoms with Crippen molar-refractivity contribution in [1.82, 2.24) is 9.78 Å². The van der Waals surface area contributed by atoms with E-state index in [-0.39, 0.29) is 6.04 Å². The molecule has 0 aliphatic rings. The summed E-state index contributed by atoms with van der Waals surface area (Å²) in [6.07, 6.45) is 2.03. The van der Waals surface area contributed by atoms with Gasteiger partial charge in [-0.25, -0.2) is 0 Å². The van der Waals surface area contributed by atoms with Gasteiger partial charge in [0.05, 0.1) is 26.0 Å². The number of methoxy groups -OCH3 is 2. The molecule has 108 valence electrons. The third-order valence-corrected chi connectivity index (χ3v) is 3.25. The Morgan fingerprint density at radius 2 is 1.75 bits per heavy atom. The zero-order chi connectivity index (χ0) is 14.7. The number of nitrogens with one attached hydrogen (secondary N) is 1. The van der Waals surface area contributed by atoms with Crippen LogP contribution in [0.1, 0.15) is 24.2 Å². The van der Waals surface area contributed by atoms with Crippen LogP contribution in [-0.4, -0.2) is 24.0 Å². The minimum Gasteiger partial charge on any atom is -0.497 e. The fourth-order valence-corrected chi connectivity index (χ4v) is 2.26. The lowest BCUT2D eigenvalue weighted by Crippen LogP contribution is -2.07. The van der Waals surface area contributed by atoms with Gasteiger partial charge >= 0.3 is 0 Å². The molecule has 5 nitrogen and oxygen atoms in total. The molecule has 1 aromatic heterocycles. The normalized spacial score (nSPS) is 12.1. The first kappa shape index (κ1) is 14.2. The predicted molar refractivity (Wildman–Crippen MR) is 79.5 cm³/mol. The fourth-order valence-electron chi connectivity index (χ4n) is 2.26. The van der Waals surface area contributed by atoms with E-state index < -0.39 is 0 Å². The lowest BCUT2D eigenvalue weighted by atomic mass is 10.1. The van der Waals surface area contributed by atoms with Gasteiger partial charge in [0.15, 0.2) is 0 Å². The summed E-state index contributed by atoms with van der Waals surface area (Å²) >= 11 is 0. The van der Waals surface area contributed by atoms with Gasteiger partial charge in [-0.1, -0.05) is 0 Å². The van der Waals surface area contributed by atoms with Crippen molar-refractivity contribution >= 4 is 5.69 Å². The molecule has 0 aliphatic carbocycles. The van der Waals surface area contributed by atoms with Crippen molar-refractivity contribution < 1.29 is 9.47 Å². The zero-order valence-corrected chi connectivity index (χ0v) is 12.6. The summed E-state index contributed by atoms with van der Waals surface area (Å²) in [5.41, 5.74) is 3.16. The first-order chi connectivity index (χ1) is 9.53. The standard InChI is InChI=1S/C15H21N3O2/c1-10(15-9-18(3)17-11(15)2)16-12-6-13(19-4)8-14(7-12)20-5/h6-10,16H,1-5H3. The summed E-state index contributed by atoms with van der Waals surface area (Å²) in [5, 5.41) is 7.82. The maximum atomic E-state index is 5.28. The maximum absolute atomic E-state index is 5.28. The molecule has 2 aromatic rings. The molecule has 1 aromatic carbocycles. The molecule has 0 spiro atoms. The highest BCUT2D eigenvalue weighted by molar-refractivity contribution is 5.55. The Kier molecular flexibility index (Phi) is 4.17. The van der Waals surface area contributed by atoms with E-state index in [0.717, 1.165) is 22.9 Å². The van der Waals surface area contributed by atoms with Crippen molar-refractivity contribution in [3.8, 4) is 11.5 Å². The maximum Gasteiger partial charge on any atom is 0.124 e. The Morgan fingerprint density at radius 3 is 2.20 bits per heavy atom. The van der Waals surface area contributed by atoms with E-state index in [2.05, 4.69) is 17.3 Å². The summed E-state index contributed by atoms with van der Waals surface area (Å²) in [6, 6.07) is 5.90. The summed E-state index contributed by atoms with van der Waals surface area (Å²) in [4.78, 5) is 0. The minimum absolute atomic E-state index is 0.153. The monoisotopic (exact) mass is 275 g/mol. The van der Waals surface area contributed by atoms with Crippen LogP contribution in [0.2, 0.25) is 0 Å². The van der Waals surface area contributed by atoms with Crippen molar-refractivity contribution in [3.05, 3.63) is 35.7 Å². The highest BCUT2D eigenvalue weighted by Crippen LogP contribution is 2.29. The summed E-state index contributed by atoms with van der Waals surface area (Å²) in [6.45, 7) is 4.12. The van der Waals surface area contributed by atoms with E-state index in [1.165, 1.54) is 5.56 Å². The molecule has 0 radical (unpaired) electrons. The van der Waals surface area contributed by atoms with Gasteiger partial charge in [0.25, 0.3) is 0 Å². The van der Waals surface area contributed by atoms with E-state index in [0.29, 0.717) is 0 Å². The SMILES string of the molecule is COc1cc(NC(C)c2cn(C)nc2C)cc(OC)c1. The summed E-state index contributed by atoms with van der Waals surface area (Å²) < 4.78 is 12.4. The van der Waals surface area contributed by atoms with Gasteiger partial charge in [-0.15, -0.1) is 0 Å². The summed E-state index contributed by atoms with van der Waals surface area (Å²) in [5.74, 6) is 1.53. The van der Waals surface area contributed by atoms with E-state index in [9.17, 15) is 0 Å². The Morgan fingerprint density at radius 1 is 1.15 bits per heavy atom. The van der Waals surface area contributed by atoms with E-state index in [4.69, 9.17) is 9.47 Å². The van der Waals surface area contributed by atoms with Crippen LogP contribution in [0.25, 0.3) is 0 Å². The van der Waals surface area contributed by atoms with Gasteiger partial charge in [0.1, 0.15) is 11.5 Å². The molecule has 0 aliphatic heterocycles. The van der Waals surface area contributed by atoms with Gasteiger partial charge < -0.3 is 14.8 Å². The van der Waals surface area contributed by atoms with Crippen LogP contribution in [0.3, 0.4) is 0 Å². The molecule has 0 saturated carbocycles. The molecular formula is C15H21N3O2. The van der Waals surface area contributed by atoms with Gasteiger partial charge in [-0.05, 0) is 13.8 Å². The average Bonchev–Trinajstić information content (AvgIpc) is 2.77. The number of hydrogen-bond donors (Lipinski definition) is 1. The molecule has 0 fully saturated rings. The van der Waals surface area contributed by atoms with Crippen LogP contribution in [0.4, 0.5) is 5.69 Å². The first-order valence-electron chi connectivity index (χ1n) is 6.53. The Balaban J connectivity index is 2.22. The van der Waals surface area contributed by atoms with Gasteiger partial charge in [-0.3, -0.25) is 4.68 Å². The number of rotatable bonds is 5.